The summed E-state index contributed by atoms with van der Waals surface area (Å²) in [6, 6.07) is 9.45. The molecule has 0 bridgehead atoms. The number of nitrogens with zero attached hydrogens (tertiary/aromatic N) is 1. The summed E-state index contributed by atoms with van der Waals surface area (Å²) in [5.41, 5.74) is 2.30. The van der Waals surface area contributed by atoms with Gasteiger partial charge in [0.2, 0.25) is 11.8 Å². The number of anilines is 2. The summed E-state index contributed by atoms with van der Waals surface area (Å²) in [5, 5.41) is 15.6. The van der Waals surface area contributed by atoms with Gasteiger partial charge in [-0.1, -0.05) is 12.1 Å². The quantitative estimate of drug-likeness (QED) is 0.684. The first-order valence-electron chi connectivity index (χ1n) is 9.06. The minimum absolute atomic E-state index is 0.147. The zero-order valence-corrected chi connectivity index (χ0v) is 17.2. The van der Waals surface area contributed by atoms with Crippen LogP contribution in [-0.2, 0) is 22.4 Å². The number of rotatable bonds is 8. The molecule has 146 valence electrons. The average molecular weight is 416 g/mol. The summed E-state index contributed by atoms with van der Waals surface area (Å²) in [6.07, 6.45) is 2.95. The molecule has 0 atom stereocenters. The molecule has 2 aromatic rings. The number of ether oxygens (including phenoxy) is 1. The molecule has 2 N–H and O–H groups in total. The standard InChI is InChI=1S/C20H21N3O3S2/c1-2-26-16-8-4-3-7-15(16)22-18(24)11-27-12-19(25)23-20-14(10-21)13-6-5-9-17(13)28-20/h3-4,7-8H,2,5-6,9,11-12H2,1H3,(H,22,24)(H,23,25). The highest BCUT2D eigenvalue weighted by molar-refractivity contribution is 8.00. The van der Waals surface area contributed by atoms with E-state index in [2.05, 4.69) is 16.7 Å². The van der Waals surface area contributed by atoms with Gasteiger partial charge in [-0.05, 0) is 43.9 Å². The SMILES string of the molecule is CCOc1ccccc1NC(=O)CSCC(=O)Nc1sc2c(c1C#N)CCC2. The number of hydrogen-bond acceptors (Lipinski definition) is 6. The van der Waals surface area contributed by atoms with Gasteiger partial charge in [0, 0.05) is 4.88 Å². The largest absolute Gasteiger partial charge is 0.492 e. The van der Waals surface area contributed by atoms with Crippen LogP contribution in [0.4, 0.5) is 10.7 Å². The molecule has 8 heteroatoms. The van der Waals surface area contributed by atoms with Crippen molar-refractivity contribution < 1.29 is 14.3 Å². The summed E-state index contributed by atoms with van der Waals surface area (Å²) >= 11 is 2.72. The maximum Gasteiger partial charge on any atom is 0.235 e. The molecular weight excluding hydrogens is 394 g/mol. The third-order valence-electron chi connectivity index (χ3n) is 4.21. The van der Waals surface area contributed by atoms with Crippen LogP contribution in [0.1, 0.15) is 29.3 Å². The lowest BCUT2D eigenvalue weighted by atomic mass is 10.1. The number of carbonyl (C=O) groups excluding carboxylic acids is 2. The number of para-hydroxylation sites is 2. The van der Waals surface area contributed by atoms with Gasteiger partial charge in [-0.15, -0.1) is 23.1 Å². The van der Waals surface area contributed by atoms with Gasteiger partial charge in [0.25, 0.3) is 0 Å². The molecular formula is C20H21N3O3S2. The minimum atomic E-state index is -0.205. The van der Waals surface area contributed by atoms with E-state index < -0.39 is 0 Å². The second-order valence-corrected chi connectivity index (χ2v) is 8.28. The Bertz CT molecular complexity index is 918. The van der Waals surface area contributed by atoms with Crippen molar-refractivity contribution in [3.05, 3.63) is 40.3 Å². The number of fused-ring (bicyclic) bond motifs is 1. The number of carbonyl (C=O) groups is 2. The number of hydrogen-bond donors (Lipinski definition) is 2. The number of benzene rings is 1. The van der Waals surface area contributed by atoms with Gasteiger partial charge < -0.3 is 15.4 Å². The summed E-state index contributed by atoms with van der Waals surface area (Å²) in [7, 11) is 0. The van der Waals surface area contributed by atoms with E-state index in [-0.39, 0.29) is 23.3 Å². The van der Waals surface area contributed by atoms with Gasteiger partial charge in [-0.2, -0.15) is 5.26 Å². The highest BCUT2D eigenvalue weighted by Crippen LogP contribution is 2.38. The van der Waals surface area contributed by atoms with Crippen molar-refractivity contribution >= 4 is 45.6 Å². The van der Waals surface area contributed by atoms with Crippen LogP contribution in [0.2, 0.25) is 0 Å². The van der Waals surface area contributed by atoms with Crippen LogP contribution in [0.3, 0.4) is 0 Å². The van der Waals surface area contributed by atoms with Crippen molar-refractivity contribution in [3.63, 3.8) is 0 Å². The fourth-order valence-corrected chi connectivity index (χ4v) is 4.92. The molecule has 0 saturated heterocycles. The predicted octanol–water partition coefficient (Wildman–Crippen LogP) is 3.82. The fraction of sp³-hybridized carbons (Fsp3) is 0.350. The van der Waals surface area contributed by atoms with Crippen LogP contribution in [-0.4, -0.2) is 29.9 Å². The number of thiophene rings is 1. The maximum atomic E-state index is 12.2. The third-order valence-corrected chi connectivity index (χ3v) is 6.35. The highest BCUT2D eigenvalue weighted by atomic mass is 32.2. The molecule has 1 aromatic heterocycles. The molecule has 1 aliphatic rings. The van der Waals surface area contributed by atoms with E-state index in [1.807, 2.05) is 19.1 Å². The van der Waals surface area contributed by atoms with Crippen LogP contribution in [0.25, 0.3) is 0 Å². The van der Waals surface area contributed by atoms with E-state index in [9.17, 15) is 14.9 Å². The van der Waals surface area contributed by atoms with Crippen molar-refractivity contribution in [2.75, 3.05) is 28.7 Å². The van der Waals surface area contributed by atoms with E-state index in [1.165, 1.54) is 28.0 Å². The van der Waals surface area contributed by atoms with Crippen LogP contribution in [0.5, 0.6) is 5.75 Å². The number of thioether (sulfide) groups is 1. The van der Waals surface area contributed by atoms with E-state index in [1.54, 1.807) is 12.1 Å². The normalized spacial score (nSPS) is 12.1. The van der Waals surface area contributed by atoms with Gasteiger partial charge in [-0.25, -0.2) is 0 Å². The Labute approximate surface area is 172 Å². The van der Waals surface area contributed by atoms with Crippen molar-refractivity contribution in [2.45, 2.75) is 26.2 Å². The van der Waals surface area contributed by atoms with Crippen molar-refractivity contribution in [3.8, 4) is 11.8 Å². The molecule has 0 fully saturated rings. The van der Waals surface area contributed by atoms with Crippen LogP contribution in [0, 0.1) is 11.3 Å². The van der Waals surface area contributed by atoms with Gasteiger partial charge in [0.1, 0.15) is 16.8 Å². The molecule has 0 aliphatic heterocycles. The molecule has 3 rings (SSSR count). The molecule has 0 radical (unpaired) electrons. The molecule has 1 aliphatic carbocycles. The maximum absolute atomic E-state index is 12.2. The molecule has 6 nitrogen and oxygen atoms in total. The Morgan fingerprint density at radius 1 is 1.21 bits per heavy atom. The fourth-order valence-electron chi connectivity index (χ4n) is 3.05. The van der Waals surface area contributed by atoms with Gasteiger partial charge in [0.15, 0.2) is 0 Å². The van der Waals surface area contributed by atoms with Crippen molar-refractivity contribution in [2.24, 2.45) is 0 Å². The predicted molar refractivity (Wildman–Crippen MR) is 113 cm³/mol. The number of aryl methyl sites for hydroxylation is 1. The number of amides is 2. The van der Waals surface area contributed by atoms with Gasteiger partial charge in [-0.3, -0.25) is 9.59 Å². The Morgan fingerprint density at radius 2 is 1.96 bits per heavy atom. The monoisotopic (exact) mass is 415 g/mol. The topological polar surface area (TPSA) is 91.2 Å². The third kappa shape index (κ3) is 4.86. The lowest BCUT2D eigenvalue weighted by Gasteiger charge is -2.11. The Balaban J connectivity index is 1.47. The van der Waals surface area contributed by atoms with Gasteiger partial charge >= 0.3 is 0 Å². The summed E-state index contributed by atoms with van der Waals surface area (Å²) in [6.45, 7) is 2.39. The van der Waals surface area contributed by atoms with Crippen molar-refractivity contribution in [1.82, 2.24) is 0 Å². The molecule has 2 amide bonds. The van der Waals surface area contributed by atoms with E-state index >= 15 is 0 Å². The number of nitrogens with one attached hydrogen (secondary N) is 2. The lowest BCUT2D eigenvalue weighted by Crippen LogP contribution is -2.18. The smallest absolute Gasteiger partial charge is 0.235 e. The molecule has 1 heterocycles. The first-order chi connectivity index (χ1) is 13.6. The lowest BCUT2D eigenvalue weighted by molar-refractivity contribution is -0.114. The Morgan fingerprint density at radius 3 is 2.71 bits per heavy atom. The molecule has 28 heavy (non-hydrogen) atoms. The molecule has 0 spiro atoms. The first-order valence-corrected chi connectivity index (χ1v) is 11.0. The second-order valence-electron chi connectivity index (χ2n) is 6.19. The van der Waals surface area contributed by atoms with E-state index in [0.29, 0.717) is 28.6 Å². The van der Waals surface area contributed by atoms with E-state index in [0.717, 1.165) is 24.8 Å². The molecule has 0 unspecified atom stereocenters. The van der Waals surface area contributed by atoms with Crippen molar-refractivity contribution in [1.29, 1.82) is 5.26 Å². The second kappa shape index (κ2) is 9.62. The zero-order valence-electron chi connectivity index (χ0n) is 15.5. The van der Waals surface area contributed by atoms with Crippen LogP contribution < -0.4 is 15.4 Å². The van der Waals surface area contributed by atoms with Gasteiger partial charge in [0.05, 0.1) is 29.4 Å². The molecule has 1 aromatic carbocycles. The minimum Gasteiger partial charge on any atom is -0.492 e. The average Bonchev–Trinajstić information content (AvgIpc) is 3.24. The number of nitriles is 1. The first kappa shape index (κ1) is 20.2. The summed E-state index contributed by atoms with van der Waals surface area (Å²) < 4.78 is 5.48. The zero-order chi connectivity index (χ0) is 19.9. The van der Waals surface area contributed by atoms with Crippen LogP contribution >= 0.6 is 23.1 Å². The summed E-state index contributed by atoms with van der Waals surface area (Å²) in [5.74, 6) is 0.519. The highest BCUT2D eigenvalue weighted by Gasteiger charge is 2.23. The Hall–Kier alpha value is -2.50. The summed E-state index contributed by atoms with van der Waals surface area (Å²) in [4.78, 5) is 25.5. The molecule has 0 saturated carbocycles. The van der Waals surface area contributed by atoms with Crippen LogP contribution in [0.15, 0.2) is 24.3 Å². The van der Waals surface area contributed by atoms with E-state index in [4.69, 9.17) is 4.74 Å². The Kier molecular flexibility index (Phi) is 6.95.